The number of aryl methyl sites for hydroxylation is 6. The van der Waals surface area contributed by atoms with Gasteiger partial charge in [-0.1, -0.05) is 97.1 Å². The molecule has 0 spiro atoms. The van der Waals surface area contributed by atoms with Gasteiger partial charge in [0.05, 0.1) is 22.8 Å². The topological polar surface area (TPSA) is 25.8 Å². The molecular formula is C46H40N2. The number of hydrogen-bond donors (Lipinski definition) is 0. The smallest absolute Gasteiger partial charge is 0.0715 e. The third-order valence-electron chi connectivity index (χ3n) is 9.55. The molecular weight excluding hydrogens is 581 g/mol. The van der Waals surface area contributed by atoms with E-state index in [1.165, 1.54) is 55.6 Å². The van der Waals surface area contributed by atoms with Crippen molar-refractivity contribution in [2.24, 2.45) is 0 Å². The van der Waals surface area contributed by atoms with Crippen LogP contribution in [0.5, 0.6) is 0 Å². The molecule has 2 aromatic heterocycles. The fraction of sp³-hybridized carbons (Fsp3) is 0.130. The average molecular weight is 621 g/mol. The van der Waals surface area contributed by atoms with E-state index in [4.69, 9.17) is 9.97 Å². The average Bonchev–Trinajstić information content (AvgIpc) is 3.08. The van der Waals surface area contributed by atoms with Crippen LogP contribution in [-0.2, 0) is 0 Å². The third-order valence-corrected chi connectivity index (χ3v) is 9.55. The quantitative estimate of drug-likeness (QED) is 0.185. The maximum atomic E-state index is 5.37. The van der Waals surface area contributed by atoms with E-state index in [1.807, 2.05) is 0 Å². The Kier molecular flexibility index (Phi) is 8.33. The Morgan fingerprint density at radius 3 is 0.958 bits per heavy atom. The van der Waals surface area contributed by atoms with Gasteiger partial charge in [0.1, 0.15) is 0 Å². The number of rotatable bonds is 6. The molecule has 234 valence electrons. The number of hydrogen-bond acceptors (Lipinski definition) is 2. The van der Waals surface area contributed by atoms with Crippen LogP contribution in [0.25, 0.3) is 67.3 Å². The molecule has 0 aliphatic carbocycles. The van der Waals surface area contributed by atoms with Crippen molar-refractivity contribution >= 4 is 0 Å². The van der Waals surface area contributed by atoms with Crippen LogP contribution in [-0.4, -0.2) is 9.97 Å². The van der Waals surface area contributed by atoms with Crippen LogP contribution in [0.4, 0.5) is 0 Å². The van der Waals surface area contributed by atoms with E-state index in [2.05, 4.69) is 175 Å². The summed E-state index contributed by atoms with van der Waals surface area (Å²) in [5.41, 5.74) is 20.5. The lowest BCUT2D eigenvalue weighted by atomic mass is 9.85. The number of nitrogens with zero attached hydrogens (tertiary/aromatic N) is 2. The molecule has 0 N–H and O–H groups in total. The highest BCUT2D eigenvalue weighted by Crippen LogP contribution is 2.44. The lowest BCUT2D eigenvalue weighted by Crippen LogP contribution is -1.99. The zero-order valence-corrected chi connectivity index (χ0v) is 28.6. The Balaban J connectivity index is 1.54. The first-order valence-corrected chi connectivity index (χ1v) is 16.7. The highest BCUT2D eigenvalue weighted by molar-refractivity contribution is 5.95. The van der Waals surface area contributed by atoms with Gasteiger partial charge >= 0.3 is 0 Å². The predicted molar refractivity (Wildman–Crippen MR) is 203 cm³/mol. The third kappa shape index (κ3) is 5.75. The van der Waals surface area contributed by atoms with Gasteiger partial charge in [-0.15, -0.1) is 0 Å². The summed E-state index contributed by atoms with van der Waals surface area (Å²) in [6.07, 6.45) is 0. The molecule has 0 atom stereocenters. The van der Waals surface area contributed by atoms with Crippen molar-refractivity contribution in [2.75, 3.05) is 0 Å². The molecule has 5 aromatic carbocycles. The molecule has 2 heterocycles. The van der Waals surface area contributed by atoms with Gasteiger partial charge in [-0.3, -0.25) is 0 Å². The van der Waals surface area contributed by atoms with Crippen LogP contribution < -0.4 is 0 Å². The first-order chi connectivity index (χ1) is 23.3. The summed E-state index contributed by atoms with van der Waals surface area (Å²) in [7, 11) is 0. The van der Waals surface area contributed by atoms with Gasteiger partial charge in [0.15, 0.2) is 0 Å². The Morgan fingerprint density at radius 2 is 0.583 bits per heavy atom. The zero-order chi connectivity index (χ0) is 33.4. The van der Waals surface area contributed by atoms with Crippen molar-refractivity contribution in [3.8, 4) is 67.3 Å². The second-order valence-electron chi connectivity index (χ2n) is 12.9. The Morgan fingerprint density at radius 1 is 0.271 bits per heavy atom. The second-order valence-corrected chi connectivity index (χ2v) is 12.9. The van der Waals surface area contributed by atoms with Crippen molar-refractivity contribution in [3.05, 3.63) is 167 Å². The van der Waals surface area contributed by atoms with Gasteiger partial charge in [0, 0.05) is 22.3 Å². The molecule has 2 nitrogen and oxygen atoms in total. The summed E-state index contributed by atoms with van der Waals surface area (Å²) in [5.74, 6) is 0. The van der Waals surface area contributed by atoms with E-state index in [-0.39, 0.29) is 0 Å². The van der Waals surface area contributed by atoms with Crippen molar-refractivity contribution in [3.63, 3.8) is 0 Å². The molecule has 0 unspecified atom stereocenters. The largest absolute Gasteiger partial charge is 0.248 e. The molecule has 0 fully saturated rings. The zero-order valence-electron chi connectivity index (χ0n) is 28.6. The summed E-state index contributed by atoms with van der Waals surface area (Å²) in [5, 5.41) is 0. The fourth-order valence-electron chi connectivity index (χ4n) is 7.10. The summed E-state index contributed by atoms with van der Waals surface area (Å²) in [6.45, 7) is 13.0. The van der Waals surface area contributed by atoms with E-state index in [9.17, 15) is 0 Å². The number of aromatic nitrogens is 2. The van der Waals surface area contributed by atoms with E-state index < -0.39 is 0 Å². The minimum Gasteiger partial charge on any atom is -0.248 e. The van der Waals surface area contributed by atoms with Crippen molar-refractivity contribution < 1.29 is 0 Å². The lowest BCUT2D eigenvalue weighted by Gasteiger charge is -2.20. The Hall–Kier alpha value is -5.60. The normalized spacial score (nSPS) is 11.1. The standard InChI is InChI=1S/C46H40N2/c1-29-15-7-9-21-35(29)37-27-40(42-24-14-26-44(48-42)46-33(5)19-12-20-34(46)6)38(36-22-10-8-16-30(36)2)28-39(37)41-23-13-25-43(47-41)45-31(3)17-11-18-32(45)4/h7-28H,1-6H3. The molecule has 0 aliphatic heterocycles. The van der Waals surface area contributed by atoms with Gasteiger partial charge < -0.3 is 0 Å². The van der Waals surface area contributed by atoms with Crippen LogP contribution in [0.2, 0.25) is 0 Å². The molecule has 7 aromatic rings. The van der Waals surface area contributed by atoms with Crippen molar-refractivity contribution in [1.82, 2.24) is 9.97 Å². The Bertz CT molecular complexity index is 2110. The van der Waals surface area contributed by atoms with E-state index in [0.29, 0.717) is 0 Å². The molecule has 0 radical (unpaired) electrons. The number of pyridine rings is 2. The van der Waals surface area contributed by atoms with Crippen LogP contribution in [0.3, 0.4) is 0 Å². The van der Waals surface area contributed by atoms with Crippen molar-refractivity contribution in [2.45, 2.75) is 41.5 Å². The Labute approximate surface area is 284 Å². The van der Waals surface area contributed by atoms with E-state index in [0.717, 1.165) is 45.0 Å². The van der Waals surface area contributed by atoms with Gasteiger partial charge in [-0.2, -0.15) is 0 Å². The first-order valence-electron chi connectivity index (χ1n) is 16.7. The second kappa shape index (κ2) is 12.9. The highest BCUT2D eigenvalue weighted by Gasteiger charge is 2.20. The lowest BCUT2D eigenvalue weighted by molar-refractivity contribution is 1.27. The van der Waals surface area contributed by atoms with Gasteiger partial charge in [-0.25, -0.2) is 9.97 Å². The summed E-state index contributed by atoms with van der Waals surface area (Å²) in [4.78, 5) is 10.7. The van der Waals surface area contributed by atoms with Gasteiger partial charge in [0.2, 0.25) is 0 Å². The SMILES string of the molecule is Cc1ccccc1-c1cc(-c2cccc(-c3c(C)cccc3C)n2)c(-c2ccccc2C)cc1-c1cccc(-c2c(C)cccc2C)n1. The van der Waals surface area contributed by atoms with Gasteiger partial charge in [-0.05, 0) is 134 Å². The molecule has 0 saturated heterocycles. The van der Waals surface area contributed by atoms with Crippen LogP contribution in [0.15, 0.2) is 133 Å². The molecule has 48 heavy (non-hydrogen) atoms. The molecule has 0 aliphatic rings. The molecule has 0 saturated carbocycles. The summed E-state index contributed by atoms with van der Waals surface area (Å²) in [6, 6.07) is 47.7. The summed E-state index contributed by atoms with van der Waals surface area (Å²) < 4.78 is 0. The minimum absolute atomic E-state index is 0.951. The predicted octanol–water partition coefficient (Wildman–Crippen LogP) is 12.3. The molecule has 0 amide bonds. The fourth-order valence-corrected chi connectivity index (χ4v) is 7.10. The van der Waals surface area contributed by atoms with E-state index in [1.54, 1.807) is 0 Å². The maximum absolute atomic E-state index is 5.37. The molecule has 0 bridgehead atoms. The monoisotopic (exact) mass is 620 g/mol. The number of benzene rings is 5. The molecule has 2 heteroatoms. The van der Waals surface area contributed by atoms with Crippen molar-refractivity contribution in [1.29, 1.82) is 0 Å². The van der Waals surface area contributed by atoms with Crippen LogP contribution >= 0.6 is 0 Å². The summed E-state index contributed by atoms with van der Waals surface area (Å²) >= 11 is 0. The highest BCUT2D eigenvalue weighted by atomic mass is 14.7. The first kappa shape index (κ1) is 31.0. The van der Waals surface area contributed by atoms with E-state index >= 15 is 0 Å². The minimum atomic E-state index is 0.951. The maximum Gasteiger partial charge on any atom is 0.0715 e. The molecule has 7 rings (SSSR count). The van der Waals surface area contributed by atoms with Gasteiger partial charge in [0.25, 0.3) is 0 Å². The van der Waals surface area contributed by atoms with Crippen LogP contribution in [0.1, 0.15) is 33.4 Å². The van der Waals surface area contributed by atoms with Crippen LogP contribution in [0, 0.1) is 41.5 Å².